The molecule has 1 saturated heterocycles. The van der Waals surface area contributed by atoms with Gasteiger partial charge < -0.3 is 5.73 Å². The van der Waals surface area contributed by atoms with E-state index >= 15 is 0 Å². The fraction of sp³-hybridized carbons (Fsp3) is 0.538. The Hall–Kier alpha value is -0.690. The first-order chi connectivity index (χ1) is 8.95. The van der Waals surface area contributed by atoms with Crippen LogP contribution in [0, 0.1) is 11.7 Å². The highest BCUT2D eigenvalue weighted by Crippen LogP contribution is 2.28. The van der Waals surface area contributed by atoms with E-state index in [0.717, 1.165) is 18.9 Å². The van der Waals surface area contributed by atoms with Crippen LogP contribution in [-0.2, 0) is 10.0 Å². The maximum atomic E-state index is 13.2. The van der Waals surface area contributed by atoms with E-state index < -0.39 is 15.8 Å². The maximum absolute atomic E-state index is 13.2. The minimum Gasteiger partial charge on any atom is -0.329 e. The Bertz CT molecular complexity index is 553. The van der Waals surface area contributed by atoms with Crippen molar-refractivity contribution in [1.29, 1.82) is 0 Å². The molecule has 0 amide bonds. The molecule has 1 aliphatic heterocycles. The fourth-order valence-corrected chi connectivity index (χ4v) is 4.22. The number of sulfonamides is 1. The highest BCUT2D eigenvalue weighted by molar-refractivity contribution is 7.89. The Morgan fingerprint density at radius 3 is 2.75 bits per heavy atom. The zero-order valence-corrected chi connectivity index (χ0v) is 13.0. The van der Waals surface area contributed by atoms with Gasteiger partial charge >= 0.3 is 0 Å². The van der Waals surface area contributed by atoms with Crippen LogP contribution in [0.25, 0.3) is 0 Å². The molecule has 1 heterocycles. The van der Waals surface area contributed by atoms with Crippen LogP contribution in [0.2, 0.25) is 0 Å². The van der Waals surface area contributed by atoms with E-state index in [0.29, 0.717) is 19.0 Å². The van der Waals surface area contributed by atoms with Gasteiger partial charge in [0, 0.05) is 19.1 Å². The van der Waals surface area contributed by atoms with E-state index in [1.807, 2.05) is 0 Å². The molecule has 1 aromatic carbocycles. The zero-order chi connectivity index (χ0) is 14.0. The van der Waals surface area contributed by atoms with Crippen LogP contribution in [0.5, 0.6) is 0 Å². The van der Waals surface area contributed by atoms with E-state index in [1.165, 1.54) is 22.5 Å². The summed E-state index contributed by atoms with van der Waals surface area (Å²) < 4.78 is 39.7. The van der Waals surface area contributed by atoms with Crippen molar-refractivity contribution in [3.8, 4) is 0 Å². The van der Waals surface area contributed by atoms with Crippen molar-refractivity contribution in [1.82, 2.24) is 4.31 Å². The summed E-state index contributed by atoms with van der Waals surface area (Å²) in [6.07, 6.45) is 1.57. The summed E-state index contributed by atoms with van der Waals surface area (Å²) in [5, 5.41) is 0. The number of rotatable bonds is 3. The van der Waals surface area contributed by atoms with E-state index in [1.54, 1.807) is 0 Å². The standard InChI is InChI=1S/C13H19FN2O2S.ClH/c1-10-5-6-16(12(7-10)9-15)19(17,18)13-4-2-3-11(14)8-13;/h2-4,8,10,12H,5-7,9,15H2,1H3;1H. The predicted molar refractivity (Wildman–Crippen MR) is 78.8 cm³/mol. The van der Waals surface area contributed by atoms with Crippen LogP contribution < -0.4 is 5.73 Å². The van der Waals surface area contributed by atoms with E-state index in [-0.39, 0.29) is 23.3 Å². The SMILES string of the molecule is CC1CCN(S(=O)(=O)c2cccc(F)c2)C(CN)C1.Cl. The van der Waals surface area contributed by atoms with Gasteiger partial charge in [-0.3, -0.25) is 0 Å². The molecule has 1 aromatic rings. The summed E-state index contributed by atoms with van der Waals surface area (Å²) in [4.78, 5) is 0.000466. The predicted octanol–water partition coefficient (Wildman–Crippen LogP) is 2.00. The Morgan fingerprint density at radius 2 is 2.15 bits per heavy atom. The summed E-state index contributed by atoms with van der Waals surface area (Å²) in [5.41, 5.74) is 5.68. The van der Waals surface area contributed by atoms with E-state index in [9.17, 15) is 12.8 Å². The van der Waals surface area contributed by atoms with Crippen LogP contribution >= 0.6 is 12.4 Å². The molecule has 4 nitrogen and oxygen atoms in total. The van der Waals surface area contributed by atoms with Crippen LogP contribution in [0.15, 0.2) is 29.2 Å². The molecule has 0 spiro atoms. The molecule has 2 unspecified atom stereocenters. The van der Waals surface area contributed by atoms with Gasteiger partial charge in [-0.15, -0.1) is 12.4 Å². The number of piperidine rings is 1. The molecule has 2 N–H and O–H groups in total. The molecule has 20 heavy (non-hydrogen) atoms. The Kier molecular flexibility index (Phi) is 5.94. The molecule has 1 fully saturated rings. The molecule has 2 atom stereocenters. The highest BCUT2D eigenvalue weighted by Gasteiger charge is 2.34. The van der Waals surface area contributed by atoms with Crippen molar-refractivity contribution in [2.45, 2.75) is 30.7 Å². The van der Waals surface area contributed by atoms with Gasteiger partial charge in [0.05, 0.1) is 4.90 Å². The summed E-state index contributed by atoms with van der Waals surface area (Å²) in [7, 11) is -3.66. The Labute approximate surface area is 125 Å². The number of hydrogen-bond acceptors (Lipinski definition) is 3. The number of halogens is 2. The zero-order valence-electron chi connectivity index (χ0n) is 11.3. The second kappa shape index (κ2) is 6.85. The molecule has 0 aliphatic carbocycles. The summed E-state index contributed by atoms with van der Waals surface area (Å²) in [5.74, 6) is -0.0803. The van der Waals surface area contributed by atoms with E-state index in [4.69, 9.17) is 5.73 Å². The fourth-order valence-electron chi connectivity index (χ4n) is 2.52. The molecular formula is C13H20ClFN2O2S. The highest BCUT2D eigenvalue weighted by atomic mass is 35.5. The van der Waals surface area contributed by atoms with Crippen molar-refractivity contribution in [3.05, 3.63) is 30.1 Å². The van der Waals surface area contributed by atoms with Gasteiger partial charge in [-0.1, -0.05) is 13.0 Å². The summed E-state index contributed by atoms with van der Waals surface area (Å²) >= 11 is 0. The number of nitrogens with two attached hydrogens (primary N) is 1. The average molecular weight is 323 g/mol. The lowest BCUT2D eigenvalue weighted by Gasteiger charge is -2.36. The number of nitrogens with zero attached hydrogens (tertiary/aromatic N) is 1. The third-order valence-corrected chi connectivity index (χ3v) is 5.55. The minimum absolute atomic E-state index is 0. The molecule has 0 bridgehead atoms. The molecular weight excluding hydrogens is 303 g/mol. The third kappa shape index (κ3) is 3.49. The molecule has 0 radical (unpaired) electrons. The lowest BCUT2D eigenvalue weighted by atomic mass is 9.94. The molecule has 2 rings (SSSR count). The lowest BCUT2D eigenvalue weighted by molar-refractivity contribution is 0.211. The molecule has 0 saturated carbocycles. The first kappa shape index (κ1) is 17.4. The van der Waals surface area contributed by atoms with Gasteiger partial charge in [0.15, 0.2) is 0 Å². The Balaban J connectivity index is 0.00000200. The third-order valence-electron chi connectivity index (χ3n) is 3.60. The van der Waals surface area contributed by atoms with Gasteiger partial charge in [-0.05, 0) is 37.0 Å². The smallest absolute Gasteiger partial charge is 0.243 e. The van der Waals surface area contributed by atoms with Crippen LogP contribution in [0.3, 0.4) is 0 Å². The number of benzene rings is 1. The van der Waals surface area contributed by atoms with Gasteiger partial charge in [-0.25, -0.2) is 12.8 Å². The van der Waals surface area contributed by atoms with Crippen molar-refractivity contribution >= 4 is 22.4 Å². The maximum Gasteiger partial charge on any atom is 0.243 e. The van der Waals surface area contributed by atoms with Crippen molar-refractivity contribution in [2.24, 2.45) is 11.7 Å². The van der Waals surface area contributed by atoms with Crippen LogP contribution in [0.1, 0.15) is 19.8 Å². The Morgan fingerprint density at radius 1 is 1.45 bits per heavy atom. The van der Waals surface area contributed by atoms with Crippen molar-refractivity contribution in [3.63, 3.8) is 0 Å². The normalized spacial score (nSPS) is 24.1. The lowest BCUT2D eigenvalue weighted by Crippen LogP contribution is -2.49. The number of hydrogen-bond donors (Lipinski definition) is 1. The van der Waals surface area contributed by atoms with Crippen molar-refractivity contribution < 1.29 is 12.8 Å². The quantitative estimate of drug-likeness (QED) is 0.925. The van der Waals surface area contributed by atoms with Crippen LogP contribution in [-0.4, -0.2) is 31.9 Å². The average Bonchev–Trinajstić information content (AvgIpc) is 2.38. The topological polar surface area (TPSA) is 63.4 Å². The van der Waals surface area contributed by atoms with Gasteiger partial charge in [0.1, 0.15) is 5.82 Å². The largest absolute Gasteiger partial charge is 0.329 e. The first-order valence-electron chi connectivity index (χ1n) is 6.42. The summed E-state index contributed by atoms with van der Waals surface area (Å²) in [6.45, 7) is 2.83. The second-order valence-corrected chi connectivity index (χ2v) is 6.98. The monoisotopic (exact) mass is 322 g/mol. The van der Waals surface area contributed by atoms with Gasteiger partial charge in [0.25, 0.3) is 0 Å². The molecule has 114 valence electrons. The summed E-state index contributed by atoms with van der Waals surface area (Å²) in [6, 6.07) is 4.92. The molecule has 1 aliphatic rings. The van der Waals surface area contributed by atoms with Crippen LogP contribution in [0.4, 0.5) is 4.39 Å². The molecule has 0 aromatic heterocycles. The van der Waals surface area contributed by atoms with Gasteiger partial charge in [0.2, 0.25) is 10.0 Å². The minimum atomic E-state index is -3.66. The first-order valence-corrected chi connectivity index (χ1v) is 7.86. The van der Waals surface area contributed by atoms with Crippen molar-refractivity contribution in [2.75, 3.05) is 13.1 Å². The molecule has 7 heteroatoms. The van der Waals surface area contributed by atoms with Gasteiger partial charge in [-0.2, -0.15) is 4.31 Å². The second-order valence-electron chi connectivity index (χ2n) is 5.09. The van der Waals surface area contributed by atoms with E-state index in [2.05, 4.69) is 6.92 Å².